The first-order valence-electron chi connectivity index (χ1n) is 4.64. The van der Waals surface area contributed by atoms with Gasteiger partial charge in [0.05, 0.1) is 0 Å². The Balaban J connectivity index is 2.97. The summed E-state index contributed by atoms with van der Waals surface area (Å²) in [6.45, 7) is 9.95. The van der Waals surface area contributed by atoms with Gasteiger partial charge < -0.3 is 0 Å². The molecular formula is C12H16N2. The average molecular weight is 188 g/mol. The fourth-order valence-electron chi connectivity index (χ4n) is 1.01. The average Bonchev–Trinajstić information content (AvgIpc) is 2.14. The van der Waals surface area contributed by atoms with Crippen molar-refractivity contribution in [1.29, 1.82) is 0 Å². The van der Waals surface area contributed by atoms with Gasteiger partial charge in [0.15, 0.2) is 5.82 Å². The lowest BCUT2D eigenvalue weighted by atomic mass is 9.95. The maximum atomic E-state index is 4.12. The Morgan fingerprint density at radius 2 is 2.14 bits per heavy atom. The van der Waals surface area contributed by atoms with Crippen molar-refractivity contribution in [3.05, 3.63) is 30.0 Å². The molecule has 14 heavy (non-hydrogen) atoms. The van der Waals surface area contributed by atoms with Gasteiger partial charge in [0, 0.05) is 11.8 Å². The van der Waals surface area contributed by atoms with E-state index in [0.29, 0.717) is 5.82 Å². The number of hydrogen-bond donors (Lipinski definition) is 0. The molecule has 0 N–H and O–H groups in total. The number of aliphatic imine (C=N–C) groups is 1. The molecule has 0 bridgehead atoms. The van der Waals surface area contributed by atoms with Crippen molar-refractivity contribution in [3.63, 3.8) is 0 Å². The molecule has 0 aromatic carbocycles. The van der Waals surface area contributed by atoms with Gasteiger partial charge in [-0.05, 0) is 24.3 Å². The zero-order chi connectivity index (χ0) is 10.6. The van der Waals surface area contributed by atoms with Crippen LogP contribution in [-0.2, 0) is 0 Å². The van der Waals surface area contributed by atoms with Crippen LogP contribution >= 0.6 is 0 Å². The molecule has 2 nitrogen and oxygen atoms in total. The Hall–Kier alpha value is -1.44. The molecule has 1 aromatic rings. The lowest BCUT2D eigenvalue weighted by molar-refractivity contribution is 0.547. The van der Waals surface area contributed by atoms with Gasteiger partial charge in [-0.25, -0.2) is 9.98 Å². The third-order valence-corrected chi connectivity index (χ3v) is 1.73. The van der Waals surface area contributed by atoms with Gasteiger partial charge in [-0.15, -0.1) is 0 Å². The molecule has 0 radical (unpaired) electrons. The molecule has 0 saturated heterocycles. The predicted molar refractivity (Wildman–Crippen MR) is 61.9 cm³/mol. The molecule has 0 unspecified atom stereocenters. The van der Waals surface area contributed by atoms with Crippen LogP contribution in [0.25, 0.3) is 6.08 Å². The molecular weight excluding hydrogens is 172 g/mol. The normalized spacial score (nSPS) is 11.9. The zero-order valence-electron chi connectivity index (χ0n) is 8.99. The van der Waals surface area contributed by atoms with Crippen LogP contribution in [0.4, 0.5) is 5.82 Å². The highest BCUT2D eigenvalue weighted by molar-refractivity contribution is 5.62. The smallest absolute Gasteiger partial charge is 0.158 e. The number of pyridine rings is 1. The van der Waals surface area contributed by atoms with E-state index in [1.807, 2.05) is 18.2 Å². The van der Waals surface area contributed by atoms with E-state index in [4.69, 9.17) is 0 Å². The molecule has 0 amide bonds. The standard InChI is InChI=1S/C12H16N2/c1-12(2,3)8-7-10-6-5-9-14-11(10)13-4/h5-9H,4H2,1-3H3/b8-7-. The monoisotopic (exact) mass is 188 g/mol. The predicted octanol–water partition coefficient (Wildman–Crippen LogP) is 3.47. The van der Waals surface area contributed by atoms with E-state index in [0.717, 1.165) is 5.56 Å². The molecule has 0 saturated carbocycles. The number of rotatable bonds is 2. The van der Waals surface area contributed by atoms with E-state index in [1.54, 1.807) is 6.20 Å². The van der Waals surface area contributed by atoms with E-state index < -0.39 is 0 Å². The third kappa shape index (κ3) is 3.13. The summed E-state index contributed by atoms with van der Waals surface area (Å²) in [6, 6.07) is 3.89. The zero-order valence-corrected chi connectivity index (χ0v) is 8.99. The van der Waals surface area contributed by atoms with Crippen LogP contribution in [0.5, 0.6) is 0 Å². The van der Waals surface area contributed by atoms with E-state index >= 15 is 0 Å². The maximum Gasteiger partial charge on any atom is 0.158 e. The summed E-state index contributed by atoms with van der Waals surface area (Å²) in [5, 5.41) is 0. The molecule has 0 aliphatic carbocycles. The van der Waals surface area contributed by atoms with Crippen molar-refractivity contribution in [3.8, 4) is 0 Å². The van der Waals surface area contributed by atoms with Crippen LogP contribution in [0.15, 0.2) is 29.4 Å². The second-order valence-electron chi connectivity index (χ2n) is 4.27. The molecule has 1 rings (SSSR count). The van der Waals surface area contributed by atoms with Crippen molar-refractivity contribution in [2.45, 2.75) is 20.8 Å². The van der Waals surface area contributed by atoms with E-state index in [-0.39, 0.29) is 5.41 Å². The second kappa shape index (κ2) is 4.18. The van der Waals surface area contributed by atoms with Gasteiger partial charge in [-0.2, -0.15) is 0 Å². The minimum atomic E-state index is 0.175. The molecule has 0 aliphatic rings. The quantitative estimate of drug-likeness (QED) is 0.652. The minimum absolute atomic E-state index is 0.175. The first-order chi connectivity index (χ1) is 6.53. The summed E-state index contributed by atoms with van der Waals surface area (Å²) in [6.07, 6.45) is 5.90. The van der Waals surface area contributed by atoms with Crippen LogP contribution in [-0.4, -0.2) is 11.7 Å². The van der Waals surface area contributed by atoms with E-state index in [2.05, 4.69) is 43.5 Å². The first kappa shape index (κ1) is 10.6. The minimum Gasteiger partial charge on any atom is -0.245 e. The first-order valence-corrected chi connectivity index (χ1v) is 4.64. The van der Waals surface area contributed by atoms with Gasteiger partial charge in [0.25, 0.3) is 0 Å². The largest absolute Gasteiger partial charge is 0.245 e. The number of allylic oxidation sites excluding steroid dienone is 1. The SMILES string of the molecule is C=Nc1ncccc1/C=C\C(C)(C)C. The summed E-state index contributed by atoms with van der Waals surface area (Å²) in [4.78, 5) is 7.98. The number of hydrogen-bond acceptors (Lipinski definition) is 2. The van der Waals surface area contributed by atoms with Crippen molar-refractivity contribution >= 4 is 18.6 Å². The number of aromatic nitrogens is 1. The Labute approximate surface area is 85.4 Å². The fraction of sp³-hybridized carbons (Fsp3) is 0.333. The summed E-state index contributed by atoms with van der Waals surface area (Å²) >= 11 is 0. The summed E-state index contributed by atoms with van der Waals surface area (Å²) in [5.74, 6) is 0.688. The van der Waals surface area contributed by atoms with Crippen LogP contribution in [0.2, 0.25) is 0 Å². The molecule has 2 heteroatoms. The van der Waals surface area contributed by atoms with E-state index in [9.17, 15) is 0 Å². The molecule has 1 aromatic heterocycles. The number of nitrogens with zero attached hydrogens (tertiary/aromatic N) is 2. The lowest BCUT2D eigenvalue weighted by Gasteiger charge is -2.11. The van der Waals surface area contributed by atoms with Crippen LogP contribution < -0.4 is 0 Å². The third-order valence-electron chi connectivity index (χ3n) is 1.73. The van der Waals surface area contributed by atoms with Crippen molar-refractivity contribution in [2.24, 2.45) is 10.4 Å². The topological polar surface area (TPSA) is 25.2 Å². The molecule has 0 aliphatic heterocycles. The fourth-order valence-corrected chi connectivity index (χ4v) is 1.01. The Morgan fingerprint density at radius 1 is 1.43 bits per heavy atom. The Kier molecular flexibility index (Phi) is 3.18. The van der Waals surface area contributed by atoms with Gasteiger partial charge >= 0.3 is 0 Å². The Morgan fingerprint density at radius 3 is 2.71 bits per heavy atom. The van der Waals surface area contributed by atoms with Crippen molar-refractivity contribution in [1.82, 2.24) is 4.98 Å². The summed E-state index contributed by atoms with van der Waals surface area (Å²) in [7, 11) is 0. The van der Waals surface area contributed by atoms with Gasteiger partial charge in [0.2, 0.25) is 0 Å². The maximum absolute atomic E-state index is 4.12. The molecule has 1 heterocycles. The highest BCUT2D eigenvalue weighted by Crippen LogP contribution is 2.21. The lowest BCUT2D eigenvalue weighted by Crippen LogP contribution is -1.98. The Bertz CT molecular complexity index is 346. The summed E-state index contributed by atoms with van der Waals surface area (Å²) in [5.41, 5.74) is 1.19. The van der Waals surface area contributed by atoms with Crippen LogP contribution in [0.1, 0.15) is 26.3 Å². The molecule has 0 fully saturated rings. The molecule has 0 atom stereocenters. The van der Waals surface area contributed by atoms with Gasteiger partial charge in [-0.1, -0.05) is 32.9 Å². The molecule has 0 spiro atoms. The summed E-state index contributed by atoms with van der Waals surface area (Å²) < 4.78 is 0. The highest BCUT2D eigenvalue weighted by atomic mass is 14.9. The van der Waals surface area contributed by atoms with E-state index in [1.165, 1.54) is 0 Å². The van der Waals surface area contributed by atoms with Crippen LogP contribution in [0, 0.1) is 5.41 Å². The van der Waals surface area contributed by atoms with Crippen molar-refractivity contribution < 1.29 is 0 Å². The van der Waals surface area contributed by atoms with Crippen LogP contribution in [0.3, 0.4) is 0 Å². The second-order valence-corrected chi connectivity index (χ2v) is 4.27. The van der Waals surface area contributed by atoms with Gasteiger partial charge in [0.1, 0.15) is 0 Å². The molecule has 74 valence electrons. The van der Waals surface area contributed by atoms with Crippen molar-refractivity contribution in [2.75, 3.05) is 0 Å². The highest BCUT2D eigenvalue weighted by Gasteiger charge is 2.04. The van der Waals surface area contributed by atoms with Gasteiger partial charge in [-0.3, -0.25) is 0 Å².